The van der Waals surface area contributed by atoms with Crippen molar-refractivity contribution in [1.82, 2.24) is 10.2 Å². The molecule has 9 nitrogen and oxygen atoms in total. The Balaban J connectivity index is 1.19. The van der Waals surface area contributed by atoms with Crippen LogP contribution in [0.3, 0.4) is 0 Å². The van der Waals surface area contributed by atoms with Crippen LogP contribution in [0.1, 0.15) is 32.1 Å². The van der Waals surface area contributed by atoms with Crippen LogP contribution in [0.5, 0.6) is 11.5 Å². The summed E-state index contributed by atoms with van der Waals surface area (Å²) in [5, 5.41) is 6.60. The van der Waals surface area contributed by atoms with Gasteiger partial charge in [-0.1, -0.05) is 61.2 Å². The number of hydrogen-bond acceptors (Lipinski definition) is 6. The Morgan fingerprint density at radius 1 is 1.02 bits per heavy atom. The topological polar surface area (TPSA) is 106 Å². The van der Waals surface area contributed by atoms with E-state index in [0.717, 1.165) is 32.1 Å². The average Bonchev–Trinajstić information content (AvgIpc) is 3.61. The third-order valence-corrected chi connectivity index (χ3v) is 9.17. The van der Waals surface area contributed by atoms with E-state index < -0.39 is 35.7 Å². The number of nitrogens with one attached hydrogen (secondary N) is 2. The summed E-state index contributed by atoms with van der Waals surface area (Å²) in [7, 11) is 0. The second kappa shape index (κ2) is 10.4. The Labute approximate surface area is 243 Å². The standard InChI is InChI=1S/C31H32ClN3O6/c32-18-7-6-10-20(15-18)34-28(36)25-24-13-14-31(41-24)26(25)30(38)35(27(31)29(37)33-19-8-2-1-3-9-19)16-21-17-39-22-11-4-5-12-23(22)40-21/h4-7,10-15,19,21,24-27H,1-3,8-9,16-17H2,(H,33,37)(H,34,36)/t21-,24+,25-,26+,27-,31+/m0/s1. The number of para-hydroxylation sites is 2. The molecule has 214 valence electrons. The van der Waals surface area contributed by atoms with Crippen molar-refractivity contribution >= 4 is 35.0 Å². The number of halogens is 1. The monoisotopic (exact) mass is 577 g/mol. The van der Waals surface area contributed by atoms with E-state index in [1.165, 1.54) is 0 Å². The molecular formula is C31H32ClN3O6. The zero-order valence-electron chi connectivity index (χ0n) is 22.5. The summed E-state index contributed by atoms with van der Waals surface area (Å²) in [6, 6.07) is 13.3. The first-order valence-corrected chi connectivity index (χ1v) is 14.7. The summed E-state index contributed by atoms with van der Waals surface area (Å²) in [5.74, 6) is -1.32. The first-order chi connectivity index (χ1) is 19.9. The van der Waals surface area contributed by atoms with E-state index >= 15 is 0 Å². The number of rotatable bonds is 6. The van der Waals surface area contributed by atoms with Crippen LogP contribution in [-0.2, 0) is 19.1 Å². The fourth-order valence-corrected chi connectivity index (χ4v) is 7.35. The van der Waals surface area contributed by atoms with Gasteiger partial charge in [-0.3, -0.25) is 14.4 Å². The molecule has 2 aromatic rings. The van der Waals surface area contributed by atoms with E-state index in [1.807, 2.05) is 36.4 Å². The number of carbonyl (C=O) groups excluding carboxylic acids is 3. The highest BCUT2D eigenvalue weighted by Crippen LogP contribution is 2.55. The highest BCUT2D eigenvalue weighted by Gasteiger charge is 2.73. The summed E-state index contributed by atoms with van der Waals surface area (Å²) >= 11 is 6.13. The number of ether oxygens (including phenoxy) is 3. The first kappa shape index (κ1) is 26.3. The van der Waals surface area contributed by atoms with E-state index in [4.69, 9.17) is 25.8 Å². The van der Waals surface area contributed by atoms with Gasteiger partial charge in [0.15, 0.2) is 17.6 Å². The molecule has 5 aliphatic rings. The van der Waals surface area contributed by atoms with Gasteiger partial charge in [-0.25, -0.2) is 0 Å². The lowest BCUT2D eigenvalue weighted by atomic mass is 9.74. The molecule has 6 atom stereocenters. The SMILES string of the molecule is O=C(Nc1cccc(Cl)c1)[C@H]1[C@H]2C=C[C@]3(O2)[C@H](C(=O)NC2CCCCC2)N(C[C@H]2COc4ccccc4O2)C(=O)[C@@H]13. The number of fused-ring (bicyclic) bond motifs is 2. The van der Waals surface area contributed by atoms with Crippen molar-refractivity contribution in [3.8, 4) is 11.5 Å². The predicted octanol–water partition coefficient (Wildman–Crippen LogP) is 3.72. The van der Waals surface area contributed by atoms with Crippen LogP contribution in [0.4, 0.5) is 5.69 Å². The third kappa shape index (κ3) is 4.55. The van der Waals surface area contributed by atoms with Gasteiger partial charge in [0.25, 0.3) is 0 Å². The maximum Gasteiger partial charge on any atom is 0.246 e. The van der Waals surface area contributed by atoms with Crippen molar-refractivity contribution in [2.75, 3.05) is 18.5 Å². The van der Waals surface area contributed by atoms with Gasteiger partial charge in [-0.15, -0.1) is 0 Å². The number of benzene rings is 2. The van der Waals surface area contributed by atoms with E-state index in [9.17, 15) is 14.4 Å². The van der Waals surface area contributed by atoms with Crippen molar-refractivity contribution in [3.05, 3.63) is 65.7 Å². The average molecular weight is 578 g/mol. The lowest BCUT2D eigenvalue weighted by molar-refractivity contribution is -0.143. The van der Waals surface area contributed by atoms with Gasteiger partial charge in [-0.2, -0.15) is 0 Å². The summed E-state index contributed by atoms with van der Waals surface area (Å²) < 4.78 is 18.5. The molecule has 0 radical (unpaired) electrons. The largest absolute Gasteiger partial charge is 0.486 e. The van der Waals surface area contributed by atoms with Gasteiger partial charge < -0.3 is 29.7 Å². The minimum Gasteiger partial charge on any atom is -0.486 e. The smallest absolute Gasteiger partial charge is 0.246 e. The maximum atomic E-state index is 14.3. The van der Waals surface area contributed by atoms with E-state index in [-0.39, 0.29) is 36.9 Å². The summed E-state index contributed by atoms with van der Waals surface area (Å²) in [6.07, 6.45) is 7.61. The number of amides is 3. The number of anilines is 1. The Bertz CT molecular complexity index is 1410. The van der Waals surface area contributed by atoms with Gasteiger partial charge in [0, 0.05) is 16.8 Å². The molecule has 2 aromatic carbocycles. The van der Waals surface area contributed by atoms with Crippen LogP contribution in [0.25, 0.3) is 0 Å². The van der Waals surface area contributed by atoms with Gasteiger partial charge in [0.05, 0.1) is 24.5 Å². The zero-order valence-corrected chi connectivity index (χ0v) is 23.2. The van der Waals surface area contributed by atoms with Gasteiger partial charge in [0.2, 0.25) is 17.7 Å². The molecular weight excluding hydrogens is 546 g/mol. The van der Waals surface area contributed by atoms with Crippen LogP contribution in [-0.4, -0.2) is 65.7 Å². The second-order valence-corrected chi connectivity index (χ2v) is 12.0. The molecule has 3 amide bonds. The molecule has 1 aliphatic carbocycles. The highest BCUT2D eigenvalue weighted by molar-refractivity contribution is 6.30. The lowest BCUT2D eigenvalue weighted by Gasteiger charge is -2.36. The minimum absolute atomic E-state index is 0.0503. The molecule has 7 rings (SSSR count). The maximum absolute atomic E-state index is 14.3. The second-order valence-electron chi connectivity index (χ2n) is 11.5. The molecule has 3 fully saturated rings. The normalized spacial score (nSPS) is 31.7. The molecule has 2 saturated heterocycles. The Morgan fingerprint density at radius 3 is 2.63 bits per heavy atom. The molecule has 10 heteroatoms. The summed E-state index contributed by atoms with van der Waals surface area (Å²) in [4.78, 5) is 43.5. The van der Waals surface area contributed by atoms with Crippen LogP contribution >= 0.6 is 11.6 Å². The highest BCUT2D eigenvalue weighted by atomic mass is 35.5. The molecule has 2 bridgehead atoms. The lowest BCUT2D eigenvalue weighted by Crippen LogP contribution is -2.58. The molecule has 4 aliphatic heterocycles. The molecule has 4 heterocycles. The van der Waals surface area contributed by atoms with Crippen molar-refractivity contribution in [2.24, 2.45) is 11.8 Å². The molecule has 2 N–H and O–H groups in total. The molecule has 41 heavy (non-hydrogen) atoms. The minimum atomic E-state index is -1.25. The summed E-state index contributed by atoms with van der Waals surface area (Å²) in [5.41, 5.74) is -0.715. The van der Waals surface area contributed by atoms with E-state index in [2.05, 4.69) is 10.6 Å². The number of carbonyl (C=O) groups is 3. The number of likely N-dealkylation sites (tertiary alicyclic amines) is 1. The Kier molecular flexibility index (Phi) is 6.66. The van der Waals surface area contributed by atoms with Gasteiger partial charge in [0.1, 0.15) is 18.2 Å². The Hall–Kier alpha value is -3.56. The number of hydrogen-bond donors (Lipinski definition) is 2. The quantitative estimate of drug-likeness (QED) is 0.507. The van der Waals surface area contributed by atoms with Crippen molar-refractivity contribution in [1.29, 1.82) is 0 Å². The van der Waals surface area contributed by atoms with Gasteiger partial charge >= 0.3 is 0 Å². The molecule has 0 unspecified atom stereocenters. The van der Waals surface area contributed by atoms with Crippen LogP contribution in [0.2, 0.25) is 5.02 Å². The Morgan fingerprint density at radius 2 is 1.83 bits per heavy atom. The van der Waals surface area contributed by atoms with Crippen molar-refractivity contribution in [2.45, 2.75) is 62.0 Å². The third-order valence-electron chi connectivity index (χ3n) is 8.94. The molecule has 1 saturated carbocycles. The van der Waals surface area contributed by atoms with Crippen LogP contribution in [0, 0.1) is 11.8 Å². The van der Waals surface area contributed by atoms with Crippen LogP contribution < -0.4 is 20.1 Å². The van der Waals surface area contributed by atoms with Crippen molar-refractivity contribution < 1.29 is 28.6 Å². The first-order valence-electron chi connectivity index (χ1n) is 14.4. The zero-order chi connectivity index (χ0) is 28.1. The van der Waals surface area contributed by atoms with Crippen molar-refractivity contribution in [3.63, 3.8) is 0 Å². The van der Waals surface area contributed by atoms with Crippen LogP contribution in [0.15, 0.2) is 60.7 Å². The fourth-order valence-electron chi connectivity index (χ4n) is 7.16. The summed E-state index contributed by atoms with van der Waals surface area (Å²) in [6.45, 7) is 0.353. The number of nitrogens with zero attached hydrogens (tertiary/aromatic N) is 1. The van der Waals surface area contributed by atoms with Gasteiger partial charge in [-0.05, 0) is 43.2 Å². The predicted molar refractivity (Wildman–Crippen MR) is 151 cm³/mol. The fraction of sp³-hybridized carbons (Fsp3) is 0.452. The van der Waals surface area contributed by atoms with E-state index in [1.54, 1.807) is 29.2 Å². The molecule has 0 aromatic heterocycles. The molecule has 1 spiro atoms. The van der Waals surface area contributed by atoms with E-state index in [0.29, 0.717) is 22.2 Å².